The largest absolute Gasteiger partial charge is 2.00 e. The van der Waals surface area contributed by atoms with Gasteiger partial charge < -0.3 is 13.7 Å². The van der Waals surface area contributed by atoms with Crippen molar-refractivity contribution >= 4 is 49.3 Å². The van der Waals surface area contributed by atoms with Gasteiger partial charge in [-0.1, -0.05) is 138 Å². The minimum Gasteiger partial charge on any atom is -0.503 e. The van der Waals surface area contributed by atoms with E-state index in [0.717, 1.165) is 77.5 Å². The summed E-state index contributed by atoms with van der Waals surface area (Å²) >= 11 is 0. The quantitative estimate of drug-likeness (QED) is 0.127. The summed E-state index contributed by atoms with van der Waals surface area (Å²) in [5.41, 5.74) is 10.9. The number of ether oxygens (including phenoxy) is 1. The number of nitrogens with zero attached hydrogens (tertiary/aromatic N) is 5. The molecular formula is C51H31N5OPt. The minimum absolute atomic E-state index is 0. The van der Waals surface area contributed by atoms with Crippen molar-refractivity contribution in [3.05, 3.63) is 210 Å². The molecule has 7 heteroatoms. The van der Waals surface area contributed by atoms with Crippen molar-refractivity contribution in [1.29, 1.82) is 0 Å². The standard InChI is InChI=1S/C51H31N5O.Pt/c1-32-13-8-9-18-37(32)45-31-55-48-41(20-11-27-52-48)38-25-23-35(29-42(38)49(55)54-45)57-36-24-26-39-40-19-10-21-43-47(40)56(46(39)30-36)50-44(22-12-28-53-50)51(43,33-14-4-2-5-15-33)34-16-6-3-7-17-34;/h2-28,31H,1H3;/q-2;+2. The van der Waals surface area contributed by atoms with Crippen LogP contribution in [0, 0.1) is 19.1 Å². The molecule has 0 N–H and O–H groups in total. The average molecular weight is 925 g/mol. The van der Waals surface area contributed by atoms with Crippen LogP contribution < -0.4 is 4.74 Å². The summed E-state index contributed by atoms with van der Waals surface area (Å²) in [5, 5.41) is 5.11. The number of benzene rings is 6. The monoisotopic (exact) mass is 924 g/mol. The summed E-state index contributed by atoms with van der Waals surface area (Å²) in [6.07, 6.45) is 5.78. The molecule has 0 fully saturated rings. The molecule has 0 bridgehead atoms. The summed E-state index contributed by atoms with van der Waals surface area (Å²) in [5.74, 6) is 2.03. The van der Waals surface area contributed by atoms with Crippen LogP contribution in [0.3, 0.4) is 0 Å². The van der Waals surface area contributed by atoms with Crippen molar-refractivity contribution in [1.82, 2.24) is 23.9 Å². The van der Waals surface area contributed by atoms with E-state index in [9.17, 15) is 0 Å². The molecule has 58 heavy (non-hydrogen) atoms. The summed E-state index contributed by atoms with van der Waals surface area (Å²) in [4.78, 5) is 15.1. The van der Waals surface area contributed by atoms with Crippen molar-refractivity contribution in [2.24, 2.45) is 0 Å². The third kappa shape index (κ3) is 4.79. The van der Waals surface area contributed by atoms with Crippen LogP contribution in [0.15, 0.2) is 170 Å². The molecule has 6 aromatic carbocycles. The fourth-order valence-electron chi connectivity index (χ4n) is 9.28. The van der Waals surface area contributed by atoms with E-state index < -0.39 is 5.41 Å². The van der Waals surface area contributed by atoms with Crippen molar-refractivity contribution in [2.45, 2.75) is 12.3 Å². The number of rotatable bonds is 5. The average Bonchev–Trinajstić information content (AvgIpc) is 3.86. The van der Waals surface area contributed by atoms with Gasteiger partial charge in [-0.2, -0.15) is 6.07 Å². The van der Waals surface area contributed by atoms with E-state index in [1.165, 1.54) is 16.7 Å². The van der Waals surface area contributed by atoms with E-state index in [-0.39, 0.29) is 21.1 Å². The van der Waals surface area contributed by atoms with Crippen LogP contribution in [0.25, 0.3) is 66.3 Å². The number of pyridine rings is 3. The summed E-state index contributed by atoms with van der Waals surface area (Å²) in [6.45, 7) is 2.11. The first-order valence-electron chi connectivity index (χ1n) is 19.1. The second-order valence-electron chi connectivity index (χ2n) is 14.7. The van der Waals surface area contributed by atoms with Crippen molar-refractivity contribution in [2.75, 3.05) is 0 Å². The number of aryl methyl sites for hydroxylation is 1. The molecule has 0 spiro atoms. The van der Waals surface area contributed by atoms with Gasteiger partial charge >= 0.3 is 21.1 Å². The molecule has 1 aliphatic rings. The van der Waals surface area contributed by atoms with Gasteiger partial charge in [-0.25, -0.2) is 9.97 Å². The second-order valence-corrected chi connectivity index (χ2v) is 14.7. The molecule has 0 saturated carbocycles. The van der Waals surface area contributed by atoms with Crippen molar-refractivity contribution in [3.63, 3.8) is 0 Å². The zero-order valence-electron chi connectivity index (χ0n) is 31.1. The first-order valence-corrected chi connectivity index (χ1v) is 19.1. The summed E-state index contributed by atoms with van der Waals surface area (Å²) < 4.78 is 11.0. The molecular weight excluding hydrogens is 894 g/mol. The fraction of sp³-hybridized carbons (Fsp3) is 0.0392. The predicted octanol–water partition coefficient (Wildman–Crippen LogP) is 11.6. The Hall–Kier alpha value is -6.88. The van der Waals surface area contributed by atoms with Crippen LogP contribution in [0.4, 0.5) is 0 Å². The molecule has 6 heterocycles. The molecule has 11 aromatic rings. The van der Waals surface area contributed by atoms with Gasteiger partial charge in [-0.05, 0) is 52.1 Å². The Balaban J connectivity index is 0.00000385. The first-order chi connectivity index (χ1) is 28.2. The zero-order chi connectivity index (χ0) is 37.7. The topological polar surface area (TPSA) is 57.2 Å². The van der Waals surface area contributed by atoms with E-state index in [4.69, 9.17) is 19.7 Å². The Morgan fingerprint density at radius 3 is 2.03 bits per heavy atom. The normalized spacial score (nSPS) is 12.9. The maximum absolute atomic E-state index is 6.68. The molecule has 0 atom stereocenters. The van der Waals surface area contributed by atoms with E-state index in [0.29, 0.717) is 11.5 Å². The van der Waals surface area contributed by atoms with Gasteiger partial charge in [0.1, 0.15) is 11.5 Å². The number of fused-ring (bicyclic) bond motifs is 11. The van der Waals surface area contributed by atoms with Crippen LogP contribution in [-0.4, -0.2) is 23.9 Å². The second kappa shape index (κ2) is 13.1. The van der Waals surface area contributed by atoms with Crippen LogP contribution in [0.2, 0.25) is 0 Å². The zero-order valence-corrected chi connectivity index (χ0v) is 33.4. The van der Waals surface area contributed by atoms with Gasteiger partial charge in [0.25, 0.3) is 0 Å². The van der Waals surface area contributed by atoms with Gasteiger partial charge in [0.05, 0.1) is 16.8 Å². The summed E-state index contributed by atoms with van der Waals surface area (Å²) in [6, 6.07) is 60.4. The number of hydrogen-bond donors (Lipinski definition) is 0. The molecule has 5 aromatic heterocycles. The Morgan fingerprint density at radius 1 is 0.569 bits per heavy atom. The third-order valence-corrected chi connectivity index (χ3v) is 11.7. The number of aromatic nitrogens is 5. The first kappa shape index (κ1) is 34.4. The molecule has 276 valence electrons. The van der Waals surface area contributed by atoms with E-state index in [2.05, 4.69) is 156 Å². The summed E-state index contributed by atoms with van der Waals surface area (Å²) in [7, 11) is 0. The number of hydrogen-bond acceptors (Lipinski definition) is 4. The third-order valence-electron chi connectivity index (χ3n) is 11.7. The fourth-order valence-corrected chi connectivity index (χ4v) is 9.28. The van der Waals surface area contributed by atoms with Gasteiger partial charge in [0.15, 0.2) is 0 Å². The Morgan fingerprint density at radius 2 is 1.24 bits per heavy atom. The van der Waals surface area contributed by atoms with Crippen LogP contribution in [0.5, 0.6) is 11.5 Å². The van der Waals surface area contributed by atoms with Crippen molar-refractivity contribution < 1.29 is 25.8 Å². The Kier molecular flexibility index (Phi) is 7.76. The molecule has 1 aliphatic heterocycles. The van der Waals surface area contributed by atoms with Crippen molar-refractivity contribution in [3.8, 4) is 28.6 Å². The minimum atomic E-state index is -0.591. The van der Waals surface area contributed by atoms with Gasteiger partial charge in [-0.3, -0.25) is 4.98 Å². The predicted molar refractivity (Wildman–Crippen MR) is 226 cm³/mol. The van der Waals surface area contributed by atoms with E-state index in [1.807, 2.05) is 42.7 Å². The molecule has 0 radical (unpaired) electrons. The van der Waals surface area contributed by atoms with Crippen LogP contribution in [0.1, 0.15) is 27.8 Å². The van der Waals surface area contributed by atoms with Gasteiger partial charge in [0, 0.05) is 46.7 Å². The van der Waals surface area contributed by atoms with Crippen LogP contribution >= 0.6 is 0 Å². The van der Waals surface area contributed by atoms with E-state index in [1.54, 1.807) is 0 Å². The van der Waals surface area contributed by atoms with Gasteiger partial charge in [-0.15, -0.1) is 29.7 Å². The molecule has 0 aliphatic carbocycles. The number of imidazole rings is 1. The number of para-hydroxylation sites is 1. The smallest absolute Gasteiger partial charge is 0.503 e. The Bertz CT molecular complexity index is 3370. The SMILES string of the molecule is Cc1ccccc1-c1cn2c(n1)c1[c-]c(Oc3[c-]c4c(cc3)c3cccc5c3n4-c3ncccc3C5(c3ccccc3)c3ccccc3)ccc1c1cccnc12.[Pt+2]. The molecule has 6 nitrogen and oxygen atoms in total. The molecule has 0 amide bonds. The van der Waals surface area contributed by atoms with Crippen LogP contribution in [-0.2, 0) is 26.5 Å². The molecule has 0 unspecified atom stereocenters. The Labute approximate surface area is 348 Å². The van der Waals surface area contributed by atoms with E-state index >= 15 is 0 Å². The molecule has 12 rings (SSSR count). The maximum atomic E-state index is 6.68. The maximum Gasteiger partial charge on any atom is 2.00 e. The van der Waals surface area contributed by atoms with Gasteiger partial charge in [0.2, 0.25) is 0 Å². The molecule has 0 saturated heterocycles.